The smallest absolute Gasteiger partial charge is 0.142 e. The Morgan fingerprint density at radius 1 is 1.50 bits per heavy atom. The van der Waals surface area contributed by atoms with E-state index in [9.17, 15) is 0 Å². The fraction of sp³-hybridized carbons (Fsp3) is 1.00. The summed E-state index contributed by atoms with van der Waals surface area (Å²) in [6, 6.07) is 2.07. The van der Waals surface area contributed by atoms with E-state index in [1.165, 1.54) is 23.9 Å². The van der Waals surface area contributed by atoms with Gasteiger partial charge in [0, 0.05) is 12.8 Å². The van der Waals surface area contributed by atoms with Gasteiger partial charge in [0.25, 0.3) is 0 Å². The Bertz CT molecular complexity index is 122. The Morgan fingerprint density at radius 2 is 2.25 bits per heavy atom. The predicted octanol–water partition coefficient (Wildman–Crippen LogP) is 0.997. The first-order chi connectivity index (χ1) is 3.75. The summed E-state index contributed by atoms with van der Waals surface area (Å²) >= 11 is 0. The zero-order chi connectivity index (χ0) is 5.78. The predicted molar refractivity (Wildman–Crippen MR) is 33.5 cm³/mol. The van der Waals surface area contributed by atoms with Crippen LogP contribution in [-0.4, -0.2) is 30.2 Å². The average molecular weight is 112 g/mol. The molecule has 8 heavy (non-hydrogen) atoms. The maximum atomic E-state index is 2.39. The van der Waals surface area contributed by atoms with Crippen LogP contribution in [0.15, 0.2) is 0 Å². The van der Waals surface area contributed by atoms with Crippen molar-refractivity contribution in [3.05, 3.63) is 0 Å². The van der Waals surface area contributed by atoms with Gasteiger partial charge in [0.1, 0.15) is 12.1 Å². The quantitative estimate of drug-likeness (QED) is 0.324. The first-order valence-corrected chi connectivity index (χ1v) is 3.60. The van der Waals surface area contributed by atoms with Crippen molar-refractivity contribution >= 4 is 0 Å². The summed E-state index contributed by atoms with van der Waals surface area (Å²) in [5, 5.41) is 0. The molecule has 0 aliphatic carbocycles. The van der Waals surface area contributed by atoms with E-state index >= 15 is 0 Å². The van der Waals surface area contributed by atoms with Crippen molar-refractivity contribution < 1.29 is 4.48 Å². The van der Waals surface area contributed by atoms with Gasteiger partial charge >= 0.3 is 0 Å². The molecule has 2 fully saturated rings. The first-order valence-electron chi connectivity index (χ1n) is 3.60. The molecule has 2 heterocycles. The minimum Gasteiger partial charge on any atom is -0.312 e. The molecule has 0 aromatic rings. The highest BCUT2D eigenvalue weighted by Gasteiger charge is 2.62. The van der Waals surface area contributed by atoms with Crippen LogP contribution in [0.4, 0.5) is 0 Å². The highest BCUT2D eigenvalue weighted by molar-refractivity contribution is 4.87. The second kappa shape index (κ2) is 1.10. The first kappa shape index (κ1) is 4.80. The van der Waals surface area contributed by atoms with Crippen molar-refractivity contribution in [3.63, 3.8) is 0 Å². The van der Waals surface area contributed by atoms with E-state index < -0.39 is 0 Å². The lowest BCUT2D eigenvalue weighted by Gasteiger charge is -2.07. The van der Waals surface area contributed by atoms with Gasteiger partial charge in [-0.05, 0) is 6.92 Å². The van der Waals surface area contributed by atoms with E-state index in [0.717, 1.165) is 12.1 Å². The van der Waals surface area contributed by atoms with Crippen LogP contribution in [0.5, 0.6) is 0 Å². The van der Waals surface area contributed by atoms with E-state index in [-0.39, 0.29) is 0 Å². The molecule has 1 nitrogen and oxygen atoms in total. The van der Waals surface area contributed by atoms with Crippen molar-refractivity contribution in [2.45, 2.75) is 31.8 Å². The van der Waals surface area contributed by atoms with E-state index in [2.05, 4.69) is 14.0 Å². The van der Waals surface area contributed by atoms with Gasteiger partial charge in [-0.3, -0.25) is 0 Å². The molecule has 46 valence electrons. The van der Waals surface area contributed by atoms with Crippen LogP contribution < -0.4 is 0 Å². The Labute approximate surface area is 50.9 Å². The molecule has 0 aromatic carbocycles. The summed E-state index contributed by atoms with van der Waals surface area (Å²) in [4.78, 5) is 0. The largest absolute Gasteiger partial charge is 0.312 e. The number of quaternary nitrogens is 1. The molecule has 0 bridgehead atoms. The van der Waals surface area contributed by atoms with Gasteiger partial charge in [0.05, 0.1) is 13.6 Å². The van der Waals surface area contributed by atoms with Crippen LogP contribution >= 0.6 is 0 Å². The Kier molecular flexibility index (Phi) is 0.663. The minimum atomic E-state index is 1.00. The lowest BCUT2D eigenvalue weighted by atomic mass is 10.2. The summed E-state index contributed by atoms with van der Waals surface area (Å²) in [7, 11) is 2.39. The topological polar surface area (TPSA) is 0 Å². The van der Waals surface area contributed by atoms with Gasteiger partial charge in [0.2, 0.25) is 0 Å². The maximum Gasteiger partial charge on any atom is 0.142 e. The number of likely N-dealkylation sites (N-methyl/N-ethyl adjacent to an activating group) is 1. The van der Waals surface area contributed by atoms with Crippen LogP contribution in [0.1, 0.15) is 19.8 Å². The molecule has 2 saturated heterocycles. The normalized spacial score (nSPS) is 60.8. The SMILES string of the molecule is CC1C2CCC[N+]12C. The highest BCUT2D eigenvalue weighted by Crippen LogP contribution is 2.45. The molecule has 3 unspecified atom stereocenters. The van der Waals surface area contributed by atoms with Crippen molar-refractivity contribution in [1.29, 1.82) is 0 Å². The Balaban J connectivity index is 2.18. The zero-order valence-electron chi connectivity index (χ0n) is 5.72. The van der Waals surface area contributed by atoms with Crippen LogP contribution in [0.25, 0.3) is 0 Å². The number of hydrogen-bond donors (Lipinski definition) is 0. The molecule has 0 radical (unpaired) electrons. The van der Waals surface area contributed by atoms with Crippen LogP contribution in [0.3, 0.4) is 0 Å². The second-order valence-corrected chi connectivity index (χ2v) is 3.52. The fourth-order valence-electron chi connectivity index (χ4n) is 2.35. The van der Waals surface area contributed by atoms with Crippen molar-refractivity contribution in [3.8, 4) is 0 Å². The third-order valence-electron chi connectivity index (χ3n) is 3.29. The van der Waals surface area contributed by atoms with Crippen LogP contribution in [0, 0.1) is 0 Å². The standard InChI is InChI=1S/C7H14N/c1-6-7-4-3-5-8(6,7)2/h6-7H,3-5H2,1-2H3/q+1. The fourth-order valence-corrected chi connectivity index (χ4v) is 2.35. The molecule has 0 saturated carbocycles. The third-order valence-corrected chi connectivity index (χ3v) is 3.29. The van der Waals surface area contributed by atoms with Crippen molar-refractivity contribution in [2.75, 3.05) is 13.6 Å². The van der Waals surface area contributed by atoms with E-state index in [0.29, 0.717) is 0 Å². The molecule has 1 heteroatoms. The van der Waals surface area contributed by atoms with Crippen molar-refractivity contribution in [2.24, 2.45) is 0 Å². The summed E-state index contributed by atoms with van der Waals surface area (Å²) in [5.74, 6) is 0. The Hall–Kier alpha value is -0.0400. The summed E-state index contributed by atoms with van der Waals surface area (Å²) in [5.41, 5.74) is 0. The van der Waals surface area contributed by atoms with Crippen molar-refractivity contribution in [1.82, 2.24) is 0 Å². The second-order valence-electron chi connectivity index (χ2n) is 3.52. The van der Waals surface area contributed by atoms with Gasteiger partial charge in [-0.15, -0.1) is 0 Å². The Morgan fingerprint density at radius 3 is 2.50 bits per heavy atom. The number of fused-ring (bicyclic) bond motifs is 1. The van der Waals surface area contributed by atoms with Crippen LogP contribution in [-0.2, 0) is 0 Å². The van der Waals surface area contributed by atoms with Gasteiger partial charge in [-0.2, -0.15) is 0 Å². The van der Waals surface area contributed by atoms with Gasteiger partial charge in [0.15, 0.2) is 0 Å². The average Bonchev–Trinajstić information content (AvgIpc) is 2.23. The highest BCUT2D eigenvalue weighted by atomic mass is 15.5. The summed E-state index contributed by atoms with van der Waals surface area (Å²) < 4.78 is 1.40. The number of piperidine rings is 1. The molecule has 0 N–H and O–H groups in total. The van der Waals surface area contributed by atoms with Gasteiger partial charge in [-0.1, -0.05) is 0 Å². The van der Waals surface area contributed by atoms with Gasteiger partial charge in [-0.25, -0.2) is 0 Å². The number of hydrogen-bond acceptors (Lipinski definition) is 0. The molecule has 0 spiro atoms. The van der Waals surface area contributed by atoms with Crippen LogP contribution in [0.2, 0.25) is 0 Å². The monoisotopic (exact) mass is 112 g/mol. The lowest BCUT2D eigenvalue weighted by molar-refractivity contribution is -0.793. The number of rotatable bonds is 0. The third kappa shape index (κ3) is 0.334. The molecular formula is C7H14N+. The molecule has 2 aliphatic heterocycles. The maximum absolute atomic E-state index is 2.39. The van der Waals surface area contributed by atoms with E-state index in [1.54, 1.807) is 0 Å². The summed E-state index contributed by atoms with van der Waals surface area (Å²) in [6.45, 7) is 3.83. The van der Waals surface area contributed by atoms with E-state index in [1.807, 2.05) is 0 Å². The van der Waals surface area contributed by atoms with Gasteiger partial charge < -0.3 is 4.48 Å². The van der Waals surface area contributed by atoms with E-state index in [4.69, 9.17) is 0 Å². The molecule has 0 amide bonds. The minimum absolute atomic E-state index is 1.00. The lowest BCUT2D eigenvalue weighted by Crippen LogP contribution is -2.20. The molecule has 3 atom stereocenters. The molecular weight excluding hydrogens is 98.1 g/mol. The zero-order valence-corrected chi connectivity index (χ0v) is 5.72. The molecule has 0 aromatic heterocycles. The molecule has 2 aliphatic rings. The number of nitrogens with zero attached hydrogens (tertiary/aromatic N) is 1. The summed E-state index contributed by atoms with van der Waals surface area (Å²) in [6.07, 6.45) is 2.98. The molecule has 2 rings (SSSR count).